The molecule has 0 bridgehead atoms. The minimum Gasteiger partial charge on any atom is -0.378 e. The van der Waals surface area contributed by atoms with E-state index in [0.29, 0.717) is 6.04 Å². The predicted octanol–water partition coefficient (Wildman–Crippen LogP) is 2.77. The van der Waals surface area contributed by atoms with Crippen LogP contribution in [-0.2, 0) is 6.54 Å². The van der Waals surface area contributed by atoms with Gasteiger partial charge in [0.15, 0.2) is 0 Å². The topological polar surface area (TPSA) is 18.5 Å². The van der Waals surface area contributed by atoms with E-state index in [4.69, 9.17) is 0 Å². The van der Waals surface area contributed by atoms with E-state index in [-0.39, 0.29) is 0 Å². The van der Waals surface area contributed by atoms with Gasteiger partial charge >= 0.3 is 0 Å². The molecule has 0 spiro atoms. The average Bonchev–Trinajstić information content (AvgIpc) is 2.75. The number of nitrogens with one attached hydrogen (secondary N) is 1. The van der Waals surface area contributed by atoms with Crippen LogP contribution >= 0.6 is 0 Å². The standard InChI is InChI=1S/C17H27N3/c1-19(2)15-7-8-16-14(11-15)12-18-13-17(16)20-9-5-3-4-6-10-20/h7-8,11,17-18H,3-6,9-10,12-13H2,1-2H3/t17-/m1/s1. The van der Waals surface area contributed by atoms with Gasteiger partial charge in [-0.2, -0.15) is 0 Å². The molecule has 2 aliphatic heterocycles. The summed E-state index contributed by atoms with van der Waals surface area (Å²) in [4.78, 5) is 4.89. The van der Waals surface area contributed by atoms with Crippen LogP contribution in [0.15, 0.2) is 18.2 Å². The molecule has 2 aliphatic rings. The lowest BCUT2D eigenvalue weighted by Crippen LogP contribution is -2.40. The largest absolute Gasteiger partial charge is 0.378 e. The molecule has 0 radical (unpaired) electrons. The molecule has 110 valence electrons. The van der Waals surface area contributed by atoms with Gasteiger partial charge in [-0.25, -0.2) is 0 Å². The van der Waals surface area contributed by atoms with Crippen LogP contribution in [-0.4, -0.2) is 38.6 Å². The number of anilines is 1. The van der Waals surface area contributed by atoms with Crippen LogP contribution in [0.1, 0.15) is 42.9 Å². The molecule has 3 heteroatoms. The highest BCUT2D eigenvalue weighted by molar-refractivity contribution is 5.51. The highest BCUT2D eigenvalue weighted by Crippen LogP contribution is 2.31. The number of benzene rings is 1. The van der Waals surface area contributed by atoms with Gasteiger partial charge in [0.2, 0.25) is 0 Å². The molecule has 1 aromatic rings. The summed E-state index contributed by atoms with van der Waals surface area (Å²) in [7, 11) is 4.23. The first-order valence-electron chi connectivity index (χ1n) is 8.00. The molecule has 1 aromatic carbocycles. The van der Waals surface area contributed by atoms with Crippen molar-refractivity contribution in [3.63, 3.8) is 0 Å². The third-order valence-corrected chi connectivity index (χ3v) is 4.74. The van der Waals surface area contributed by atoms with Crippen molar-refractivity contribution in [2.45, 2.75) is 38.3 Å². The van der Waals surface area contributed by atoms with Crippen LogP contribution in [0.2, 0.25) is 0 Å². The fraction of sp³-hybridized carbons (Fsp3) is 0.647. The Morgan fingerprint density at radius 1 is 1.10 bits per heavy atom. The third-order valence-electron chi connectivity index (χ3n) is 4.74. The zero-order valence-corrected chi connectivity index (χ0v) is 12.9. The lowest BCUT2D eigenvalue weighted by molar-refractivity contribution is 0.192. The van der Waals surface area contributed by atoms with Gasteiger partial charge in [0.05, 0.1) is 0 Å². The first kappa shape index (κ1) is 13.9. The lowest BCUT2D eigenvalue weighted by Gasteiger charge is -2.36. The Morgan fingerprint density at radius 2 is 1.85 bits per heavy atom. The van der Waals surface area contributed by atoms with Crippen molar-refractivity contribution < 1.29 is 0 Å². The Labute approximate surface area is 123 Å². The van der Waals surface area contributed by atoms with E-state index in [2.05, 4.69) is 47.4 Å². The minimum atomic E-state index is 0.577. The summed E-state index contributed by atoms with van der Waals surface area (Å²) in [5.41, 5.74) is 4.34. The minimum absolute atomic E-state index is 0.577. The fourth-order valence-corrected chi connectivity index (χ4v) is 3.53. The Kier molecular flexibility index (Phi) is 4.27. The molecule has 20 heavy (non-hydrogen) atoms. The summed E-state index contributed by atoms with van der Waals surface area (Å²) in [5, 5.41) is 3.61. The van der Waals surface area contributed by atoms with Gasteiger partial charge in [0, 0.05) is 38.9 Å². The number of nitrogens with zero attached hydrogens (tertiary/aromatic N) is 2. The van der Waals surface area contributed by atoms with Crippen LogP contribution < -0.4 is 10.2 Å². The van der Waals surface area contributed by atoms with Gasteiger partial charge in [-0.15, -0.1) is 0 Å². The second-order valence-corrected chi connectivity index (χ2v) is 6.37. The van der Waals surface area contributed by atoms with Crippen molar-refractivity contribution in [1.29, 1.82) is 0 Å². The first-order chi connectivity index (χ1) is 9.75. The summed E-state index contributed by atoms with van der Waals surface area (Å²) < 4.78 is 0. The second kappa shape index (κ2) is 6.15. The van der Waals surface area contributed by atoms with E-state index in [1.807, 2.05) is 0 Å². The van der Waals surface area contributed by atoms with E-state index in [1.54, 1.807) is 5.56 Å². The van der Waals surface area contributed by atoms with Crippen LogP contribution in [0.4, 0.5) is 5.69 Å². The molecule has 2 heterocycles. The molecule has 1 atom stereocenters. The Bertz CT molecular complexity index is 448. The molecule has 0 saturated carbocycles. The lowest BCUT2D eigenvalue weighted by atomic mass is 9.94. The normalized spacial score (nSPS) is 24.0. The van der Waals surface area contributed by atoms with Crippen LogP contribution in [0, 0.1) is 0 Å². The first-order valence-corrected chi connectivity index (χ1v) is 8.00. The smallest absolute Gasteiger partial charge is 0.0476 e. The molecule has 3 rings (SSSR count). The number of likely N-dealkylation sites (tertiary alicyclic amines) is 1. The maximum absolute atomic E-state index is 3.61. The van der Waals surface area contributed by atoms with Gasteiger partial charge in [-0.3, -0.25) is 4.90 Å². The van der Waals surface area contributed by atoms with E-state index in [9.17, 15) is 0 Å². The molecule has 1 N–H and O–H groups in total. The maximum atomic E-state index is 3.61. The predicted molar refractivity (Wildman–Crippen MR) is 85.3 cm³/mol. The van der Waals surface area contributed by atoms with E-state index in [0.717, 1.165) is 13.1 Å². The van der Waals surface area contributed by atoms with Gasteiger partial charge in [-0.05, 0) is 49.2 Å². The van der Waals surface area contributed by atoms with Gasteiger partial charge < -0.3 is 10.2 Å². The van der Waals surface area contributed by atoms with Gasteiger partial charge in [-0.1, -0.05) is 18.9 Å². The van der Waals surface area contributed by atoms with Crippen molar-refractivity contribution in [1.82, 2.24) is 10.2 Å². The van der Waals surface area contributed by atoms with E-state index in [1.165, 1.54) is 50.0 Å². The van der Waals surface area contributed by atoms with Crippen molar-refractivity contribution in [3.05, 3.63) is 29.3 Å². The maximum Gasteiger partial charge on any atom is 0.0476 e. The van der Waals surface area contributed by atoms with E-state index >= 15 is 0 Å². The average molecular weight is 273 g/mol. The van der Waals surface area contributed by atoms with Gasteiger partial charge in [0.25, 0.3) is 0 Å². The SMILES string of the molecule is CN(C)c1ccc2c(c1)CNC[C@H]2N1CCCCCC1. The molecule has 1 saturated heterocycles. The number of hydrogen-bond acceptors (Lipinski definition) is 3. The highest BCUT2D eigenvalue weighted by atomic mass is 15.2. The monoisotopic (exact) mass is 273 g/mol. The van der Waals surface area contributed by atoms with Crippen molar-refractivity contribution in [2.24, 2.45) is 0 Å². The summed E-state index contributed by atoms with van der Waals surface area (Å²) >= 11 is 0. The van der Waals surface area contributed by atoms with Crippen LogP contribution in [0.5, 0.6) is 0 Å². The molecule has 1 fully saturated rings. The summed E-state index contributed by atoms with van der Waals surface area (Å²) in [6.45, 7) is 4.65. The summed E-state index contributed by atoms with van der Waals surface area (Å²) in [6, 6.07) is 7.57. The van der Waals surface area contributed by atoms with Gasteiger partial charge in [0.1, 0.15) is 0 Å². The summed E-state index contributed by atoms with van der Waals surface area (Å²) in [5.74, 6) is 0. The second-order valence-electron chi connectivity index (χ2n) is 6.37. The molecule has 0 unspecified atom stereocenters. The molecule has 0 amide bonds. The highest BCUT2D eigenvalue weighted by Gasteiger charge is 2.26. The molecule has 0 aliphatic carbocycles. The number of hydrogen-bond donors (Lipinski definition) is 1. The summed E-state index contributed by atoms with van der Waals surface area (Å²) in [6.07, 6.45) is 5.54. The van der Waals surface area contributed by atoms with E-state index < -0.39 is 0 Å². The Balaban J connectivity index is 1.85. The number of fused-ring (bicyclic) bond motifs is 1. The van der Waals surface area contributed by atoms with Crippen molar-refractivity contribution in [2.75, 3.05) is 38.6 Å². The quantitative estimate of drug-likeness (QED) is 0.894. The zero-order valence-electron chi connectivity index (χ0n) is 12.9. The van der Waals surface area contributed by atoms with Crippen LogP contribution in [0.25, 0.3) is 0 Å². The number of rotatable bonds is 2. The molecule has 3 nitrogen and oxygen atoms in total. The molecule has 0 aromatic heterocycles. The van der Waals surface area contributed by atoms with Crippen LogP contribution in [0.3, 0.4) is 0 Å². The van der Waals surface area contributed by atoms with Crippen molar-refractivity contribution in [3.8, 4) is 0 Å². The van der Waals surface area contributed by atoms with Crippen molar-refractivity contribution >= 4 is 5.69 Å². The molecular formula is C17H27N3. The fourth-order valence-electron chi connectivity index (χ4n) is 3.53. The Morgan fingerprint density at radius 3 is 2.55 bits per heavy atom. The third kappa shape index (κ3) is 2.84. The Hall–Kier alpha value is -1.06. The molecular weight excluding hydrogens is 246 g/mol. The zero-order chi connectivity index (χ0) is 13.9.